The van der Waals surface area contributed by atoms with Crippen LogP contribution in [0.25, 0.3) is 0 Å². The first kappa shape index (κ1) is 18.8. The molecule has 1 saturated carbocycles. The molecule has 6 heteroatoms. The summed E-state index contributed by atoms with van der Waals surface area (Å²) in [5, 5.41) is 11.1. The summed E-state index contributed by atoms with van der Waals surface area (Å²) in [5.41, 5.74) is 3.00. The number of hydrogen-bond donors (Lipinski definition) is 2. The smallest absolute Gasteiger partial charge is 0.407 e. The molecule has 1 aromatic heterocycles. The molecule has 2 rings (SSSR count). The van der Waals surface area contributed by atoms with Gasteiger partial charge in [-0.15, -0.1) is 0 Å². The number of nitrogens with one attached hydrogen (secondary N) is 2. The Bertz CT molecular complexity index is 585. The molecule has 24 heavy (non-hydrogen) atoms. The third-order valence-corrected chi connectivity index (χ3v) is 4.54. The summed E-state index contributed by atoms with van der Waals surface area (Å²) < 4.78 is 7.30. The van der Waals surface area contributed by atoms with Gasteiger partial charge in [0, 0.05) is 36.9 Å². The average molecular weight is 336 g/mol. The fraction of sp³-hybridized carbons (Fsp3) is 0.778. The lowest BCUT2D eigenvalue weighted by molar-refractivity contribution is 0.0497. The van der Waals surface area contributed by atoms with E-state index >= 15 is 0 Å². The minimum absolute atomic E-state index is 0.111. The molecular weight excluding hydrogens is 304 g/mol. The van der Waals surface area contributed by atoms with Crippen LogP contribution in [0, 0.1) is 19.8 Å². The first-order chi connectivity index (χ1) is 11.1. The van der Waals surface area contributed by atoms with Crippen molar-refractivity contribution in [3.05, 3.63) is 17.0 Å². The number of ether oxygens (including phenoxy) is 1. The highest BCUT2D eigenvalue weighted by Gasteiger charge is 2.33. The molecule has 1 aliphatic rings. The second kappa shape index (κ2) is 7.13. The number of carbonyl (C=O) groups is 1. The van der Waals surface area contributed by atoms with Gasteiger partial charge in [-0.3, -0.25) is 4.68 Å². The zero-order valence-corrected chi connectivity index (χ0v) is 16.1. The van der Waals surface area contributed by atoms with Gasteiger partial charge in [0.25, 0.3) is 0 Å². The fourth-order valence-electron chi connectivity index (χ4n) is 3.12. The Morgan fingerprint density at radius 3 is 2.46 bits per heavy atom. The summed E-state index contributed by atoms with van der Waals surface area (Å²) in [6.07, 6.45) is 2.01. The van der Waals surface area contributed by atoms with Crippen LogP contribution in [-0.4, -0.2) is 34.1 Å². The number of carbonyl (C=O) groups excluding carboxylic acids is 1. The molecule has 6 nitrogen and oxygen atoms in total. The van der Waals surface area contributed by atoms with E-state index < -0.39 is 5.60 Å². The van der Waals surface area contributed by atoms with E-state index in [4.69, 9.17) is 4.74 Å². The normalized spacial score (nSPS) is 17.5. The second-order valence-electron chi connectivity index (χ2n) is 7.93. The van der Waals surface area contributed by atoms with Crippen molar-refractivity contribution in [2.24, 2.45) is 13.0 Å². The van der Waals surface area contributed by atoms with Crippen molar-refractivity contribution in [1.82, 2.24) is 20.4 Å². The van der Waals surface area contributed by atoms with Crippen molar-refractivity contribution in [2.75, 3.05) is 6.54 Å². The van der Waals surface area contributed by atoms with Crippen LogP contribution in [0.3, 0.4) is 0 Å². The van der Waals surface area contributed by atoms with Gasteiger partial charge in [-0.2, -0.15) is 5.10 Å². The quantitative estimate of drug-likeness (QED) is 0.838. The summed E-state index contributed by atoms with van der Waals surface area (Å²) in [6.45, 7) is 12.7. The van der Waals surface area contributed by atoms with Gasteiger partial charge >= 0.3 is 6.09 Å². The molecule has 2 atom stereocenters. The van der Waals surface area contributed by atoms with Crippen LogP contribution in [0.2, 0.25) is 0 Å². The summed E-state index contributed by atoms with van der Waals surface area (Å²) >= 11 is 0. The predicted octanol–water partition coefficient (Wildman–Crippen LogP) is 2.99. The lowest BCUT2D eigenvalue weighted by atomic mass is 10.1. The molecule has 0 spiro atoms. The lowest BCUT2D eigenvalue weighted by Gasteiger charge is -2.25. The molecule has 2 unspecified atom stereocenters. The molecule has 1 aromatic rings. The standard InChI is InChI=1S/C18H32N4O2/c1-11(16-12(2)21-22(7)13(16)3)19-10-15(14-8-9-14)20-17(23)24-18(4,5)6/h11,14-15,19H,8-10H2,1-7H3,(H,20,23). The molecule has 1 aliphatic carbocycles. The highest BCUT2D eigenvalue weighted by molar-refractivity contribution is 5.68. The zero-order chi connectivity index (χ0) is 18.1. The maximum absolute atomic E-state index is 12.1. The SMILES string of the molecule is Cc1nn(C)c(C)c1C(C)NCC(NC(=O)OC(C)(C)C)C1CC1. The minimum Gasteiger partial charge on any atom is -0.444 e. The van der Waals surface area contributed by atoms with Crippen molar-refractivity contribution in [2.45, 2.75) is 72.1 Å². The van der Waals surface area contributed by atoms with E-state index in [0.717, 1.165) is 12.2 Å². The first-order valence-corrected chi connectivity index (χ1v) is 8.81. The highest BCUT2D eigenvalue weighted by Crippen LogP contribution is 2.33. The molecule has 0 bridgehead atoms. The third-order valence-electron chi connectivity index (χ3n) is 4.54. The summed E-state index contributed by atoms with van der Waals surface area (Å²) in [4.78, 5) is 12.1. The number of alkyl carbamates (subject to hydrolysis) is 1. The molecular formula is C18H32N4O2. The van der Waals surface area contributed by atoms with Crippen molar-refractivity contribution in [3.8, 4) is 0 Å². The Labute approximate surface area is 145 Å². The number of hydrogen-bond acceptors (Lipinski definition) is 4. The van der Waals surface area contributed by atoms with Crippen LogP contribution in [0.1, 0.15) is 63.5 Å². The molecule has 136 valence electrons. The molecule has 0 aromatic carbocycles. The van der Waals surface area contributed by atoms with Crippen molar-refractivity contribution >= 4 is 6.09 Å². The molecule has 0 saturated heterocycles. The van der Waals surface area contributed by atoms with Gasteiger partial charge in [-0.25, -0.2) is 4.79 Å². The number of aromatic nitrogens is 2. The Balaban J connectivity index is 1.93. The lowest BCUT2D eigenvalue weighted by Crippen LogP contribution is -2.46. The Morgan fingerprint density at radius 2 is 2.00 bits per heavy atom. The maximum Gasteiger partial charge on any atom is 0.407 e. The van der Waals surface area contributed by atoms with Crippen LogP contribution in [0.15, 0.2) is 0 Å². The topological polar surface area (TPSA) is 68.2 Å². The molecule has 1 fully saturated rings. The Morgan fingerprint density at radius 1 is 1.38 bits per heavy atom. The Hall–Kier alpha value is -1.56. The molecule has 0 aliphatic heterocycles. The van der Waals surface area contributed by atoms with Crippen LogP contribution in [-0.2, 0) is 11.8 Å². The predicted molar refractivity (Wildman–Crippen MR) is 95.0 cm³/mol. The Kier molecular flexibility index (Phi) is 5.58. The first-order valence-electron chi connectivity index (χ1n) is 8.81. The molecule has 2 N–H and O–H groups in total. The average Bonchev–Trinajstić information content (AvgIpc) is 3.22. The molecule has 1 amide bonds. The number of aryl methyl sites for hydroxylation is 2. The van der Waals surface area contributed by atoms with E-state index in [1.54, 1.807) is 0 Å². The van der Waals surface area contributed by atoms with Crippen LogP contribution in [0.5, 0.6) is 0 Å². The van der Waals surface area contributed by atoms with E-state index in [9.17, 15) is 4.79 Å². The van der Waals surface area contributed by atoms with E-state index in [1.165, 1.54) is 24.1 Å². The van der Waals surface area contributed by atoms with Gasteiger partial charge < -0.3 is 15.4 Å². The maximum atomic E-state index is 12.1. The zero-order valence-electron chi connectivity index (χ0n) is 16.1. The molecule has 0 radical (unpaired) electrons. The second-order valence-corrected chi connectivity index (χ2v) is 7.93. The van der Waals surface area contributed by atoms with Crippen LogP contribution in [0.4, 0.5) is 4.79 Å². The third kappa shape index (κ3) is 4.97. The van der Waals surface area contributed by atoms with Crippen molar-refractivity contribution < 1.29 is 9.53 Å². The summed E-state index contributed by atoms with van der Waals surface area (Å²) in [6, 6.07) is 0.306. The number of nitrogens with zero attached hydrogens (tertiary/aromatic N) is 2. The van der Waals surface area contributed by atoms with Crippen LogP contribution >= 0.6 is 0 Å². The van der Waals surface area contributed by atoms with E-state index in [2.05, 4.69) is 29.6 Å². The summed E-state index contributed by atoms with van der Waals surface area (Å²) in [7, 11) is 1.97. The monoisotopic (exact) mass is 336 g/mol. The van der Waals surface area contributed by atoms with Crippen molar-refractivity contribution in [3.63, 3.8) is 0 Å². The number of amides is 1. The largest absolute Gasteiger partial charge is 0.444 e. The van der Waals surface area contributed by atoms with E-state index in [-0.39, 0.29) is 18.2 Å². The fourth-order valence-corrected chi connectivity index (χ4v) is 3.12. The molecule has 1 heterocycles. The van der Waals surface area contributed by atoms with E-state index in [1.807, 2.05) is 39.4 Å². The van der Waals surface area contributed by atoms with Gasteiger partial charge in [-0.1, -0.05) is 0 Å². The van der Waals surface area contributed by atoms with Gasteiger partial charge in [0.1, 0.15) is 5.60 Å². The van der Waals surface area contributed by atoms with E-state index in [0.29, 0.717) is 5.92 Å². The highest BCUT2D eigenvalue weighted by atomic mass is 16.6. The van der Waals surface area contributed by atoms with Gasteiger partial charge in [0.2, 0.25) is 0 Å². The van der Waals surface area contributed by atoms with Crippen molar-refractivity contribution in [1.29, 1.82) is 0 Å². The van der Waals surface area contributed by atoms with Gasteiger partial charge in [0.05, 0.1) is 5.69 Å². The minimum atomic E-state index is -0.469. The van der Waals surface area contributed by atoms with Crippen LogP contribution < -0.4 is 10.6 Å². The number of rotatable bonds is 6. The summed E-state index contributed by atoms with van der Waals surface area (Å²) in [5.74, 6) is 0.549. The van der Waals surface area contributed by atoms with Gasteiger partial charge in [0.15, 0.2) is 0 Å². The van der Waals surface area contributed by atoms with Gasteiger partial charge in [-0.05, 0) is 60.3 Å².